The first kappa shape index (κ1) is 28.2. The largest absolute Gasteiger partial charge is 0.473 e. The van der Waals surface area contributed by atoms with E-state index in [0.717, 1.165) is 19.4 Å². The number of rotatable bonds is 10. The van der Waals surface area contributed by atoms with Gasteiger partial charge in [-0.2, -0.15) is 0 Å². The lowest BCUT2D eigenvalue weighted by Gasteiger charge is -2.25. The number of aliphatic carboxylic acids is 2. The number of carboxylic acid groups (broad SMARTS) is 2. The van der Waals surface area contributed by atoms with E-state index in [9.17, 15) is 8.78 Å². The zero-order chi connectivity index (χ0) is 25.0. The summed E-state index contributed by atoms with van der Waals surface area (Å²) in [6.45, 7) is 9.67. The Morgan fingerprint density at radius 3 is 1.88 bits per heavy atom. The summed E-state index contributed by atoms with van der Waals surface area (Å²) in [5.41, 5.74) is 3.68. The summed E-state index contributed by atoms with van der Waals surface area (Å²) in [5, 5.41) is 18.4. The molecule has 0 aliphatic carbocycles. The van der Waals surface area contributed by atoms with Crippen LogP contribution in [0.4, 0.5) is 8.78 Å². The van der Waals surface area contributed by atoms with Crippen molar-refractivity contribution in [2.45, 2.75) is 59.1 Å². The van der Waals surface area contributed by atoms with Crippen LogP contribution in [0.1, 0.15) is 54.9 Å². The maximum atomic E-state index is 13.8. The van der Waals surface area contributed by atoms with Crippen molar-refractivity contribution in [1.29, 1.82) is 0 Å². The van der Waals surface area contributed by atoms with Crippen LogP contribution in [0.25, 0.3) is 0 Å². The minimum absolute atomic E-state index is 0.00860. The van der Waals surface area contributed by atoms with Gasteiger partial charge in [-0.1, -0.05) is 38.1 Å². The van der Waals surface area contributed by atoms with Gasteiger partial charge in [-0.3, -0.25) is 0 Å². The van der Waals surface area contributed by atoms with E-state index in [4.69, 9.17) is 24.5 Å². The van der Waals surface area contributed by atoms with Crippen LogP contribution in [0.5, 0.6) is 0 Å². The van der Waals surface area contributed by atoms with E-state index in [1.54, 1.807) is 0 Å². The Labute approximate surface area is 193 Å². The highest BCUT2D eigenvalue weighted by molar-refractivity contribution is 6.27. The predicted octanol–water partition coefficient (Wildman–Crippen LogP) is 4.82. The Hall–Kier alpha value is -2.84. The molecule has 1 atom stereocenters. The fraction of sp³-hybridized carbons (Fsp3) is 0.440. The number of hydrogen-bond donors (Lipinski definition) is 3. The van der Waals surface area contributed by atoms with Crippen LogP contribution in [0.2, 0.25) is 0 Å². The monoisotopic (exact) mass is 465 g/mol. The molecule has 1 unspecified atom stereocenters. The molecule has 2 rings (SSSR count). The number of carboxylic acids is 2. The van der Waals surface area contributed by atoms with E-state index in [-0.39, 0.29) is 18.1 Å². The highest BCUT2D eigenvalue weighted by Gasteiger charge is 2.19. The van der Waals surface area contributed by atoms with Gasteiger partial charge in [0.1, 0.15) is 11.6 Å². The van der Waals surface area contributed by atoms with Gasteiger partial charge in [0.25, 0.3) is 0 Å². The number of hydrogen-bond acceptors (Lipinski definition) is 4. The van der Waals surface area contributed by atoms with Gasteiger partial charge in [-0.25, -0.2) is 18.4 Å². The van der Waals surface area contributed by atoms with Crippen LogP contribution in [0, 0.1) is 25.5 Å². The van der Waals surface area contributed by atoms with E-state index in [2.05, 4.69) is 51.2 Å². The van der Waals surface area contributed by atoms with Crippen LogP contribution in [0.3, 0.4) is 0 Å². The van der Waals surface area contributed by atoms with Crippen molar-refractivity contribution in [2.24, 2.45) is 0 Å². The molecule has 0 spiro atoms. The standard InChI is InChI=1S/C23H31F2NO.C2H2O4/c1-5-19(6-2)26-13-18(23-16(3)9-7-10-17(23)4)14-27-15-20-21(24)11-8-12-22(20)25;3-1(4)2(5)6/h7-12,18-19,26H,5-6,13-15H2,1-4H3;(H,3,4)(H,5,6). The number of aryl methyl sites for hydroxylation is 2. The Morgan fingerprint density at radius 1 is 0.939 bits per heavy atom. The SMILES string of the molecule is CCC(CC)NCC(COCc1c(F)cccc1F)c1c(C)cccc1C.O=C(O)C(=O)O. The van der Waals surface area contributed by atoms with E-state index in [1.807, 2.05) is 0 Å². The lowest BCUT2D eigenvalue weighted by atomic mass is 9.90. The van der Waals surface area contributed by atoms with E-state index in [0.29, 0.717) is 12.6 Å². The van der Waals surface area contributed by atoms with Gasteiger partial charge in [0.05, 0.1) is 13.2 Å². The molecule has 0 saturated heterocycles. The van der Waals surface area contributed by atoms with Crippen LogP contribution < -0.4 is 5.32 Å². The number of nitrogens with one attached hydrogen (secondary N) is 1. The molecule has 0 amide bonds. The predicted molar refractivity (Wildman–Crippen MR) is 122 cm³/mol. The molecule has 6 nitrogen and oxygen atoms in total. The molecular weight excluding hydrogens is 432 g/mol. The molecule has 0 saturated carbocycles. The number of ether oxygens (including phenoxy) is 1. The summed E-state index contributed by atoms with van der Waals surface area (Å²) in [6, 6.07) is 10.6. The van der Waals surface area contributed by atoms with E-state index < -0.39 is 23.6 Å². The lowest BCUT2D eigenvalue weighted by Crippen LogP contribution is -2.33. The first-order valence-electron chi connectivity index (χ1n) is 10.9. The maximum Gasteiger partial charge on any atom is 0.414 e. The van der Waals surface area contributed by atoms with Gasteiger partial charge in [-0.05, 0) is 55.5 Å². The highest BCUT2D eigenvalue weighted by Crippen LogP contribution is 2.25. The molecular formula is C25H33F2NO5. The lowest BCUT2D eigenvalue weighted by molar-refractivity contribution is -0.159. The fourth-order valence-corrected chi connectivity index (χ4v) is 3.58. The topological polar surface area (TPSA) is 95.9 Å². The summed E-state index contributed by atoms with van der Waals surface area (Å²) < 4.78 is 33.5. The Bertz CT molecular complexity index is 863. The molecule has 0 heterocycles. The molecule has 0 aliphatic heterocycles. The third-order valence-corrected chi connectivity index (χ3v) is 5.40. The van der Waals surface area contributed by atoms with Crippen molar-refractivity contribution >= 4 is 11.9 Å². The molecule has 0 aromatic heterocycles. The van der Waals surface area contributed by atoms with E-state index in [1.165, 1.54) is 34.9 Å². The minimum atomic E-state index is -1.82. The van der Waals surface area contributed by atoms with Gasteiger partial charge >= 0.3 is 11.9 Å². The highest BCUT2D eigenvalue weighted by atomic mass is 19.1. The molecule has 0 fully saturated rings. The van der Waals surface area contributed by atoms with Gasteiger partial charge < -0.3 is 20.3 Å². The Balaban J connectivity index is 0.000000801. The van der Waals surface area contributed by atoms with Crippen molar-refractivity contribution in [3.8, 4) is 0 Å². The molecule has 0 aliphatic rings. The maximum absolute atomic E-state index is 13.8. The first-order chi connectivity index (χ1) is 15.6. The molecule has 33 heavy (non-hydrogen) atoms. The summed E-state index contributed by atoms with van der Waals surface area (Å²) in [6.07, 6.45) is 2.13. The van der Waals surface area contributed by atoms with Gasteiger partial charge in [0.2, 0.25) is 0 Å². The molecule has 2 aromatic carbocycles. The fourth-order valence-electron chi connectivity index (χ4n) is 3.58. The smallest absolute Gasteiger partial charge is 0.414 e. The molecule has 3 N–H and O–H groups in total. The number of carbonyl (C=O) groups is 2. The summed E-state index contributed by atoms with van der Waals surface area (Å²) in [4.78, 5) is 18.2. The quantitative estimate of drug-likeness (QED) is 0.436. The summed E-state index contributed by atoms with van der Waals surface area (Å²) >= 11 is 0. The summed E-state index contributed by atoms with van der Waals surface area (Å²) in [7, 11) is 0. The van der Waals surface area contributed by atoms with E-state index >= 15 is 0 Å². The average Bonchev–Trinajstić information content (AvgIpc) is 2.76. The van der Waals surface area contributed by atoms with Crippen molar-refractivity contribution < 1.29 is 33.3 Å². The van der Waals surface area contributed by atoms with Crippen LogP contribution in [0.15, 0.2) is 36.4 Å². The molecule has 182 valence electrons. The molecule has 0 radical (unpaired) electrons. The van der Waals surface area contributed by atoms with Crippen LogP contribution in [-0.2, 0) is 20.9 Å². The molecule has 0 bridgehead atoms. The van der Waals surface area contributed by atoms with Crippen molar-refractivity contribution in [3.63, 3.8) is 0 Å². The second-order valence-corrected chi connectivity index (χ2v) is 7.75. The summed E-state index contributed by atoms with van der Waals surface area (Å²) in [5.74, 6) is -4.64. The number of halogens is 2. The number of benzene rings is 2. The van der Waals surface area contributed by atoms with Gasteiger partial charge in [0, 0.05) is 24.1 Å². The van der Waals surface area contributed by atoms with Crippen molar-refractivity contribution in [1.82, 2.24) is 5.32 Å². The van der Waals surface area contributed by atoms with Crippen LogP contribution >= 0.6 is 0 Å². The first-order valence-corrected chi connectivity index (χ1v) is 10.9. The zero-order valence-electron chi connectivity index (χ0n) is 19.5. The second kappa shape index (κ2) is 14.3. The minimum Gasteiger partial charge on any atom is -0.473 e. The van der Waals surface area contributed by atoms with Crippen LogP contribution in [-0.4, -0.2) is 41.3 Å². The van der Waals surface area contributed by atoms with Crippen molar-refractivity contribution in [2.75, 3.05) is 13.2 Å². The van der Waals surface area contributed by atoms with Crippen molar-refractivity contribution in [3.05, 3.63) is 70.3 Å². The molecule has 8 heteroatoms. The second-order valence-electron chi connectivity index (χ2n) is 7.75. The third kappa shape index (κ3) is 9.27. The Kier molecular flexibility index (Phi) is 12.2. The third-order valence-electron chi connectivity index (χ3n) is 5.40. The molecule has 2 aromatic rings. The normalized spacial score (nSPS) is 11.6. The van der Waals surface area contributed by atoms with Gasteiger partial charge in [-0.15, -0.1) is 0 Å². The Morgan fingerprint density at radius 2 is 1.42 bits per heavy atom. The zero-order valence-corrected chi connectivity index (χ0v) is 19.5. The van der Waals surface area contributed by atoms with Gasteiger partial charge in [0.15, 0.2) is 0 Å². The average molecular weight is 466 g/mol.